The molecule has 0 aliphatic rings. The first-order chi connectivity index (χ1) is 9.06. The molecule has 1 amide bonds. The predicted molar refractivity (Wildman–Crippen MR) is 78.2 cm³/mol. The van der Waals surface area contributed by atoms with E-state index in [0.29, 0.717) is 12.1 Å². The molecule has 0 atom stereocenters. The minimum atomic E-state index is -0.199. The van der Waals surface area contributed by atoms with Crippen molar-refractivity contribution in [2.75, 3.05) is 0 Å². The highest BCUT2D eigenvalue weighted by Crippen LogP contribution is 2.17. The molecule has 0 spiro atoms. The van der Waals surface area contributed by atoms with Crippen LogP contribution in [0.2, 0.25) is 0 Å². The summed E-state index contributed by atoms with van der Waals surface area (Å²) in [5, 5.41) is 12.4. The lowest BCUT2D eigenvalue weighted by molar-refractivity contribution is 0.0950. The zero-order valence-electron chi connectivity index (χ0n) is 10.5. The fourth-order valence-corrected chi connectivity index (χ4v) is 2.13. The Labute approximate surface area is 120 Å². The fourth-order valence-electron chi connectivity index (χ4n) is 1.68. The van der Waals surface area contributed by atoms with Crippen LogP contribution in [-0.2, 0) is 6.54 Å². The molecule has 4 heteroatoms. The van der Waals surface area contributed by atoms with Crippen LogP contribution >= 0.6 is 15.9 Å². The van der Waals surface area contributed by atoms with Gasteiger partial charge < -0.3 is 10.4 Å². The Bertz CT molecular complexity index is 611. The van der Waals surface area contributed by atoms with Gasteiger partial charge in [-0.3, -0.25) is 4.79 Å². The molecule has 0 radical (unpaired) electrons. The van der Waals surface area contributed by atoms with Gasteiger partial charge in [0.1, 0.15) is 5.75 Å². The smallest absolute Gasteiger partial charge is 0.251 e. The van der Waals surface area contributed by atoms with E-state index in [4.69, 9.17) is 0 Å². The van der Waals surface area contributed by atoms with Crippen molar-refractivity contribution in [3.63, 3.8) is 0 Å². The first kappa shape index (κ1) is 13.6. The Morgan fingerprint density at radius 1 is 1.26 bits per heavy atom. The summed E-state index contributed by atoms with van der Waals surface area (Å²) in [5.74, 6) is -0.0645. The number of carbonyl (C=O) groups is 1. The molecule has 0 aliphatic heterocycles. The third-order valence-electron chi connectivity index (χ3n) is 2.81. The van der Waals surface area contributed by atoms with Crippen LogP contribution in [0.1, 0.15) is 21.5 Å². The molecule has 0 unspecified atom stereocenters. The minimum absolute atomic E-state index is 0.134. The zero-order chi connectivity index (χ0) is 13.8. The van der Waals surface area contributed by atoms with E-state index in [0.717, 1.165) is 15.6 Å². The highest BCUT2D eigenvalue weighted by molar-refractivity contribution is 9.10. The molecule has 19 heavy (non-hydrogen) atoms. The number of phenols is 1. The number of nitrogens with one attached hydrogen (secondary N) is 1. The SMILES string of the molecule is Cc1ccc(C(=O)NCc2cccc(Br)c2)cc1O. The van der Waals surface area contributed by atoms with Gasteiger partial charge in [-0.05, 0) is 42.3 Å². The molecule has 0 heterocycles. The van der Waals surface area contributed by atoms with Crippen LogP contribution in [0.5, 0.6) is 5.75 Å². The van der Waals surface area contributed by atoms with Gasteiger partial charge in [0.15, 0.2) is 0 Å². The number of benzene rings is 2. The van der Waals surface area contributed by atoms with E-state index in [-0.39, 0.29) is 11.7 Å². The minimum Gasteiger partial charge on any atom is -0.508 e. The van der Waals surface area contributed by atoms with Gasteiger partial charge in [0.05, 0.1) is 0 Å². The quantitative estimate of drug-likeness (QED) is 0.911. The summed E-state index contributed by atoms with van der Waals surface area (Å²) in [5.41, 5.74) is 2.22. The van der Waals surface area contributed by atoms with Crippen molar-refractivity contribution in [1.82, 2.24) is 5.32 Å². The lowest BCUT2D eigenvalue weighted by Crippen LogP contribution is -2.22. The Kier molecular flexibility index (Phi) is 4.22. The molecule has 3 nitrogen and oxygen atoms in total. The van der Waals surface area contributed by atoms with Gasteiger partial charge >= 0.3 is 0 Å². The molecule has 0 saturated heterocycles. The third kappa shape index (κ3) is 3.58. The number of hydrogen-bond acceptors (Lipinski definition) is 2. The summed E-state index contributed by atoms with van der Waals surface area (Å²) in [6, 6.07) is 12.7. The molecule has 0 bridgehead atoms. The van der Waals surface area contributed by atoms with Crippen molar-refractivity contribution in [1.29, 1.82) is 0 Å². The van der Waals surface area contributed by atoms with Crippen molar-refractivity contribution < 1.29 is 9.90 Å². The van der Waals surface area contributed by atoms with Gasteiger partial charge in [-0.25, -0.2) is 0 Å². The van der Waals surface area contributed by atoms with Gasteiger partial charge in [0.2, 0.25) is 0 Å². The maximum Gasteiger partial charge on any atom is 0.251 e. The Morgan fingerprint density at radius 2 is 2.05 bits per heavy atom. The molecule has 98 valence electrons. The van der Waals surface area contributed by atoms with Gasteiger partial charge in [-0.15, -0.1) is 0 Å². The third-order valence-corrected chi connectivity index (χ3v) is 3.31. The molecule has 0 aliphatic carbocycles. The maximum atomic E-state index is 11.9. The van der Waals surface area contributed by atoms with Crippen LogP contribution in [-0.4, -0.2) is 11.0 Å². The van der Waals surface area contributed by atoms with Crippen molar-refractivity contribution in [2.45, 2.75) is 13.5 Å². The van der Waals surface area contributed by atoms with Crippen LogP contribution < -0.4 is 5.32 Å². The Hall–Kier alpha value is -1.81. The number of carbonyl (C=O) groups excluding carboxylic acids is 1. The largest absolute Gasteiger partial charge is 0.508 e. The summed E-state index contributed by atoms with van der Waals surface area (Å²) in [7, 11) is 0. The number of aryl methyl sites for hydroxylation is 1. The van der Waals surface area contributed by atoms with Crippen LogP contribution in [0.25, 0.3) is 0 Å². The van der Waals surface area contributed by atoms with Gasteiger partial charge in [-0.1, -0.05) is 34.1 Å². The molecule has 2 rings (SSSR count). The molecular formula is C15H14BrNO2. The van der Waals surface area contributed by atoms with E-state index in [9.17, 15) is 9.90 Å². The summed E-state index contributed by atoms with van der Waals surface area (Å²) in [4.78, 5) is 11.9. The van der Waals surface area contributed by atoms with Gasteiger partial charge in [-0.2, -0.15) is 0 Å². The highest BCUT2D eigenvalue weighted by Gasteiger charge is 2.07. The lowest BCUT2D eigenvalue weighted by atomic mass is 10.1. The second-order valence-electron chi connectivity index (χ2n) is 4.31. The van der Waals surface area contributed by atoms with Crippen LogP contribution in [0, 0.1) is 6.92 Å². The number of amides is 1. The maximum absolute atomic E-state index is 11.9. The van der Waals surface area contributed by atoms with E-state index in [1.54, 1.807) is 19.1 Å². The summed E-state index contributed by atoms with van der Waals surface area (Å²) in [6.45, 7) is 2.24. The Morgan fingerprint density at radius 3 is 2.74 bits per heavy atom. The topological polar surface area (TPSA) is 49.3 Å². The van der Waals surface area contributed by atoms with E-state index >= 15 is 0 Å². The normalized spacial score (nSPS) is 10.2. The van der Waals surface area contributed by atoms with E-state index in [1.165, 1.54) is 6.07 Å². The molecular weight excluding hydrogens is 306 g/mol. The van der Waals surface area contributed by atoms with E-state index < -0.39 is 0 Å². The first-order valence-corrected chi connectivity index (χ1v) is 6.68. The molecule has 2 aromatic carbocycles. The predicted octanol–water partition coefficient (Wildman–Crippen LogP) is 3.39. The van der Waals surface area contributed by atoms with Crippen LogP contribution in [0.4, 0.5) is 0 Å². The van der Waals surface area contributed by atoms with Crippen LogP contribution in [0.3, 0.4) is 0 Å². The first-order valence-electron chi connectivity index (χ1n) is 5.88. The average Bonchev–Trinajstić information content (AvgIpc) is 2.39. The summed E-state index contributed by atoms with van der Waals surface area (Å²) in [6.07, 6.45) is 0. The Balaban J connectivity index is 2.03. The molecule has 2 aromatic rings. The number of rotatable bonds is 3. The van der Waals surface area contributed by atoms with E-state index in [1.807, 2.05) is 24.3 Å². The van der Waals surface area contributed by atoms with E-state index in [2.05, 4.69) is 21.2 Å². The number of hydrogen-bond donors (Lipinski definition) is 2. The summed E-state index contributed by atoms with van der Waals surface area (Å²) >= 11 is 3.39. The molecule has 0 fully saturated rings. The molecule has 0 aromatic heterocycles. The monoisotopic (exact) mass is 319 g/mol. The lowest BCUT2D eigenvalue weighted by Gasteiger charge is -2.07. The van der Waals surface area contributed by atoms with Gasteiger partial charge in [0, 0.05) is 16.6 Å². The number of halogens is 1. The van der Waals surface area contributed by atoms with Crippen LogP contribution in [0.15, 0.2) is 46.9 Å². The van der Waals surface area contributed by atoms with Gasteiger partial charge in [0.25, 0.3) is 5.91 Å². The van der Waals surface area contributed by atoms with Crippen molar-refractivity contribution in [3.8, 4) is 5.75 Å². The molecule has 2 N–H and O–H groups in total. The second-order valence-corrected chi connectivity index (χ2v) is 5.23. The van der Waals surface area contributed by atoms with Crippen molar-refractivity contribution in [3.05, 3.63) is 63.6 Å². The average molecular weight is 320 g/mol. The van der Waals surface area contributed by atoms with Crippen molar-refractivity contribution in [2.24, 2.45) is 0 Å². The fraction of sp³-hybridized carbons (Fsp3) is 0.133. The highest BCUT2D eigenvalue weighted by atomic mass is 79.9. The standard InChI is InChI=1S/C15H14BrNO2/c1-10-5-6-12(8-14(10)18)15(19)17-9-11-3-2-4-13(16)7-11/h2-8,18H,9H2,1H3,(H,17,19). The molecule has 0 saturated carbocycles. The summed E-state index contributed by atoms with van der Waals surface area (Å²) < 4.78 is 0.979. The number of phenolic OH excluding ortho intramolecular Hbond substituents is 1. The second kappa shape index (κ2) is 5.89. The number of aromatic hydroxyl groups is 1. The zero-order valence-corrected chi connectivity index (χ0v) is 12.1. The van der Waals surface area contributed by atoms with Crippen molar-refractivity contribution >= 4 is 21.8 Å².